The molecule has 7 nitrogen and oxygen atoms in total. The molecule has 5 rings (SSSR count). The third-order valence-electron chi connectivity index (χ3n) is 6.89. The molecule has 1 fully saturated rings. The van der Waals surface area contributed by atoms with Gasteiger partial charge in [0.25, 0.3) is 5.90 Å². The molecule has 0 radical (unpaired) electrons. The lowest BCUT2D eigenvalue weighted by atomic mass is 9.88. The van der Waals surface area contributed by atoms with Crippen LogP contribution in [-0.2, 0) is 11.2 Å². The lowest BCUT2D eigenvalue weighted by Crippen LogP contribution is -2.40. The molecule has 0 unspecified atom stereocenters. The van der Waals surface area contributed by atoms with Gasteiger partial charge >= 0.3 is 0 Å². The average Bonchev–Trinajstić information content (AvgIpc) is 3.33. The molecule has 2 aliphatic heterocycles. The fourth-order valence-corrected chi connectivity index (χ4v) is 6.11. The Morgan fingerprint density at radius 2 is 2.03 bits per heavy atom. The number of β-amino-alcohol motifs (C(OH)–C–C–N with tert-alkyl or cyclic N) is 1. The first-order valence-corrected chi connectivity index (χ1v) is 13.6. The summed E-state index contributed by atoms with van der Waals surface area (Å²) in [7, 11) is 0. The van der Waals surface area contributed by atoms with Crippen molar-refractivity contribution in [2.24, 2.45) is 0 Å². The molecule has 3 aromatic rings. The van der Waals surface area contributed by atoms with Crippen molar-refractivity contribution < 1.29 is 19.0 Å². The van der Waals surface area contributed by atoms with Crippen molar-refractivity contribution in [3.05, 3.63) is 59.4 Å². The molecule has 0 saturated carbocycles. The first-order valence-electron chi connectivity index (χ1n) is 12.6. The van der Waals surface area contributed by atoms with Crippen molar-refractivity contribution in [2.75, 3.05) is 32.0 Å². The van der Waals surface area contributed by atoms with E-state index in [2.05, 4.69) is 23.1 Å². The molecule has 1 aromatic heterocycles. The van der Waals surface area contributed by atoms with E-state index in [4.69, 9.17) is 24.7 Å². The predicted molar refractivity (Wildman–Crippen MR) is 143 cm³/mol. The van der Waals surface area contributed by atoms with E-state index in [9.17, 15) is 5.11 Å². The van der Waals surface area contributed by atoms with Crippen molar-refractivity contribution in [3.63, 3.8) is 0 Å². The number of aliphatic hydroxyl groups is 1. The van der Waals surface area contributed by atoms with Crippen LogP contribution >= 0.6 is 11.8 Å². The van der Waals surface area contributed by atoms with Gasteiger partial charge in [-0.2, -0.15) is 0 Å². The highest BCUT2D eigenvalue weighted by atomic mass is 32.2. The van der Waals surface area contributed by atoms with Crippen molar-refractivity contribution in [1.82, 2.24) is 4.90 Å². The smallest absolute Gasteiger partial charge is 0.256 e. The third kappa shape index (κ3) is 5.77. The maximum Gasteiger partial charge on any atom is 0.256 e. The summed E-state index contributed by atoms with van der Waals surface area (Å²) < 4.78 is 16.7. The first-order chi connectivity index (χ1) is 17.5. The number of aliphatic hydroxyl groups excluding tert-OH is 1. The van der Waals surface area contributed by atoms with E-state index in [1.807, 2.05) is 23.9 Å². The number of benzene rings is 2. The third-order valence-corrected chi connectivity index (χ3v) is 8.09. The van der Waals surface area contributed by atoms with E-state index in [1.165, 1.54) is 41.5 Å². The van der Waals surface area contributed by atoms with Crippen molar-refractivity contribution in [1.29, 1.82) is 10.8 Å². The monoisotopic (exact) mass is 507 g/mol. The van der Waals surface area contributed by atoms with Gasteiger partial charge in [0.05, 0.1) is 5.39 Å². The van der Waals surface area contributed by atoms with Crippen LogP contribution in [-0.4, -0.2) is 59.9 Å². The number of hydrogen-bond donors (Lipinski definition) is 3. The molecule has 0 spiro atoms. The summed E-state index contributed by atoms with van der Waals surface area (Å²) in [6.45, 7) is 4.17. The fraction of sp³-hybridized carbons (Fsp3) is 0.429. The molecule has 1 atom stereocenters. The van der Waals surface area contributed by atoms with Gasteiger partial charge in [-0.3, -0.25) is 10.8 Å². The minimum absolute atomic E-state index is 0.0779. The molecular formula is C28H33N3O4S. The minimum Gasteiger partial charge on any atom is -0.490 e. The summed E-state index contributed by atoms with van der Waals surface area (Å²) in [6, 6.07) is 14.2. The second-order valence-corrected chi connectivity index (χ2v) is 10.8. The molecule has 0 aliphatic carbocycles. The van der Waals surface area contributed by atoms with Crippen LogP contribution in [0.25, 0.3) is 11.0 Å². The zero-order valence-electron chi connectivity index (χ0n) is 20.6. The SMILES string of the molecule is CC(=N)OC(=N)c1cc2c(OC[C@@H](O)CN3CCC(c4ccc5c(c4)CCCS5)CC3)cccc2o1. The van der Waals surface area contributed by atoms with Gasteiger partial charge in [-0.25, -0.2) is 0 Å². The number of nitrogens with one attached hydrogen (secondary N) is 2. The molecule has 36 heavy (non-hydrogen) atoms. The van der Waals surface area contributed by atoms with Gasteiger partial charge < -0.3 is 23.9 Å². The summed E-state index contributed by atoms with van der Waals surface area (Å²) >= 11 is 1.98. The standard InChI is InChI=1S/C28H33N3O4S/c1-18(29)34-28(30)26-15-23-24(5-2-6-25(23)35-26)33-17-22(32)16-31-11-9-19(10-12-31)20-7-8-27-21(14-20)4-3-13-36-27/h2,5-8,14-15,19,22,29-30,32H,3-4,9-13,16-17H2,1H3/t22-/m0/s1. The molecule has 0 bridgehead atoms. The van der Waals surface area contributed by atoms with Gasteiger partial charge in [-0.15, -0.1) is 11.8 Å². The summed E-state index contributed by atoms with van der Waals surface area (Å²) in [5.41, 5.74) is 3.56. The molecule has 190 valence electrons. The van der Waals surface area contributed by atoms with Crippen molar-refractivity contribution >= 4 is 34.5 Å². The number of likely N-dealkylation sites (tertiary alicyclic amines) is 1. The number of thioether (sulfide) groups is 1. The van der Waals surface area contributed by atoms with E-state index in [1.54, 1.807) is 12.1 Å². The van der Waals surface area contributed by atoms with E-state index >= 15 is 0 Å². The number of rotatable bonds is 7. The van der Waals surface area contributed by atoms with Gasteiger partial charge in [-0.1, -0.05) is 18.2 Å². The Morgan fingerprint density at radius 3 is 2.83 bits per heavy atom. The fourth-order valence-electron chi connectivity index (χ4n) is 5.10. The van der Waals surface area contributed by atoms with E-state index in [-0.39, 0.29) is 24.2 Å². The number of aryl methyl sites for hydroxylation is 1. The van der Waals surface area contributed by atoms with Crippen LogP contribution in [0.15, 0.2) is 51.8 Å². The number of furan rings is 1. The summed E-state index contributed by atoms with van der Waals surface area (Å²) in [4.78, 5) is 3.79. The van der Waals surface area contributed by atoms with Gasteiger partial charge in [0.1, 0.15) is 24.0 Å². The Kier molecular flexibility index (Phi) is 7.65. The number of ether oxygens (including phenoxy) is 2. The van der Waals surface area contributed by atoms with E-state index < -0.39 is 6.10 Å². The van der Waals surface area contributed by atoms with E-state index in [0.717, 1.165) is 25.9 Å². The Labute approximate surface area is 215 Å². The average molecular weight is 508 g/mol. The maximum atomic E-state index is 10.7. The van der Waals surface area contributed by atoms with Crippen LogP contribution < -0.4 is 4.74 Å². The summed E-state index contributed by atoms with van der Waals surface area (Å²) in [5, 5.41) is 26.7. The van der Waals surface area contributed by atoms with Gasteiger partial charge in [0.2, 0.25) is 0 Å². The molecule has 0 amide bonds. The highest BCUT2D eigenvalue weighted by Crippen LogP contribution is 2.35. The number of piperidine rings is 1. The van der Waals surface area contributed by atoms with Gasteiger partial charge in [0, 0.05) is 24.4 Å². The summed E-state index contributed by atoms with van der Waals surface area (Å²) in [6.07, 6.45) is 4.10. The van der Waals surface area contributed by atoms with Crippen molar-refractivity contribution in [2.45, 2.75) is 49.5 Å². The molecule has 3 heterocycles. The van der Waals surface area contributed by atoms with Crippen LogP contribution in [0.5, 0.6) is 5.75 Å². The Morgan fingerprint density at radius 1 is 1.19 bits per heavy atom. The number of fused-ring (bicyclic) bond motifs is 2. The predicted octanol–water partition coefficient (Wildman–Crippen LogP) is 5.43. The molecule has 2 aliphatic rings. The Bertz CT molecular complexity index is 1250. The Balaban J connectivity index is 1.13. The second-order valence-electron chi connectivity index (χ2n) is 9.62. The highest BCUT2D eigenvalue weighted by Gasteiger charge is 2.24. The quantitative estimate of drug-likeness (QED) is 0.291. The lowest BCUT2D eigenvalue weighted by Gasteiger charge is -2.33. The van der Waals surface area contributed by atoms with Gasteiger partial charge in [-0.05, 0) is 79.8 Å². The van der Waals surface area contributed by atoms with Crippen LogP contribution in [0.4, 0.5) is 0 Å². The topological polar surface area (TPSA) is 103 Å². The number of nitrogens with zero attached hydrogens (tertiary/aromatic N) is 1. The highest BCUT2D eigenvalue weighted by molar-refractivity contribution is 7.99. The first kappa shape index (κ1) is 24.9. The van der Waals surface area contributed by atoms with Crippen LogP contribution in [0, 0.1) is 10.8 Å². The minimum atomic E-state index is -0.605. The lowest BCUT2D eigenvalue weighted by molar-refractivity contribution is 0.0599. The largest absolute Gasteiger partial charge is 0.490 e. The molecule has 2 aromatic carbocycles. The zero-order chi connectivity index (χ0) is 25.1. The van der Waals surface area contributed by atoms with Crippen LogP contribution in [0.2, 0.25) is 0 Å². The summed E-state index contributed by atoms with van der Waals surface area (Å²) in [5.74, 6) is 2.35. The zero-order valence-corrected chi connectivity index (χ0v) is 21.4. The molecular weight excluding hydrogens is 474 g/mol. The maximum absolute atomic E-state index is 10.7. The molecule has 1 saturated heterocycles. The Hall–Kier alpha value is -2.81. The second kappa shape index (κ2) is 11.1. The van der Waals surface area contributed by atoms with Crippen LogP contribution in [0.3, 0.4) is 0 Å². The molecule has 8 heteroatoms. The number of hydrogen-bond acceptors (Lipinski definition) is 8. The van der Waals surface area contributed by atoms with Crippen molar-refractivity contribution in [3.8, 4) is 5.75 Å². The normalized spacial score (nSPS) is 17.5. The van der Waals surface area contributed by atoms with Crippen LogP contribution in [0.1, 0.15) is 49.0 Å². The van der Waals surface area contributed by atoms with Gasteiger partial charge in [0.15, 0.2) is 11.7 Å². The van der Waals surface area contributed by atoms with E-state index in [0.29, 0.717) is 29.2 Å². The molecule has 3 N–H and O–H groups in total.